The molecule has 2 aliphatic rings. The van der Waals surface area contributed by atoms with Gasteiger partial charge in [-0.1, -0.05) is 0 Å². The van der Waals surface area contributed by atoms with E-state index in [0.717, 1.165) is 33.0 Å². The number of aromatic nitrogens is 2. The van der Waals surface area contributed by atoms with Crippen LogP contribution >= 0.6 is 11.9 Å². The highest BCUT2D eigenvalue weighted by molar-refractivity contribution is 7.97. The number of amides is 1. The first kappa shape index (κ1) is 17.2. The molecule has 0 saturated heterocycles. The second-order valence-corrected chi connectivity index (χ2v) is 7.14. The van der Waals surface area contributed by atoms with Crippen LogP contribution in [0.5, 0.6) is 0 Å². The number of amidine groups is 1. The van der Waals surface area contributed by atoms with Gasteiger partial charge in [0.15, 0.2) is 5.82 Å². The highest BCUT2D eigenvalue weighted by atomic mass is 32.2. The molecule has 4 N–H and O–H groups in total. The van der Waals surface area contributed by atoms with E-state index in [4.69, 9.17) is 0 Å². The second-order valence-electron chi connectivity index (χ2n) is 6.01. The van der Waals surface area contributed by atoms with Gasteiger partial charge >= 0.3 is 0 Å². The zero-order chi connectivity index (χ0) is 18.8. The maximum atomic E-state index is 10.6. The lowest BCUT2D eigenvalue weighted by Crippen LogP contribution is -3.10. The number of anilines is 2. The summed E-state index contributed by atoms with van der Waals surface area (Å²) in [5.74, 6) is 2.65. The first-order valence-electron chi connectivity index (χ1n) is 8.21. The van der Waals surface area contributed by atoms with Gasteiger partial charge in [0.2, 0.25) is 11.7 Å². The van der Waals surface area contributed by atoms with E-state index in [1.54, 1.807) is 18.3 Å². The lowest BCUT2D eigenvalue weighted by Gasteiger charge is -2.27. The molecule has 0 bridgehead atoms. The van der Waals surface area contributed by atoms with E-state index in [1.807, 2.05) is 37.5 Å². The van der Waals surface area contributed by atoms with Gasteiger partial charge in [0.25, 0.3) is 0 Å². The Morgan fingerprint density at radius 2 is 2.19 bits per heavy atom. The summed E-state index contributed by atoms with van der Waals surface area (Å²) in [5, 5.41) is 23.3. The fourth-order valence-electron chi connectivity index (χ4n) is 2.78. The Labute approximate surface area is 159 Å². The summed E-state index contributed by atoms with van der Waals surface area (Å²) in [6, 6.07) is 9.03. The fourth-order valence-corrected chi connectivity index (χ4v) is 3.65. The van der Waals surface area contributed by atoms with Crippen LogP contribution in [0, 0.1) is 6.92 Å². The van der Waals surface area contributed by atoms with Crippen LogP contribution < -0.4 is 20.6 Å². The molecule has 2 aliphatic heterocycles. The number of nitrogens with one attached hydrogen (secondary N) is 4. The highest BCUT2D eigenvalue weighted by Crippen LogP contribution is 2.26. The fraction of sp³-hybridized carbons (Fsp3) is 0.118. The summed E-state index contributed by atoms with van der Waals surface area (Å²) in [6.07, 6.45) is 4.47. The van der Waals surface area contributed by atoms with Crippen molar-refractivity contribution in [2.24, 2.45) is 4.99 Å². The second kappa shape index (κ2) is 7.17. The number of rotatable bonds is 5. The summed E-state index contributed by atoms with van der Waals surface area (Å²) < 4.78 is 2.07. The zero-order valence-electron chi connectivity index (χ0n) is 14.4. The molecule has 0 radical (unpaired) electrons. The van der Waals surface area contributed by atoms with Crippen LogP contribution in [0.3, 0.4) is 0 Å². The van der Waals surface area contributed by atoms with Gasteiger partial charge in [-0.05, 0) is 43.1 Å². The minimum absolute atomic E-state index is 0.477. The van der Waals surface area contributed by atoms with Gasteiger partial charge in [-0.2, -0.15) is 5.10 Å². The van der Waals surface area contributed by atoms with Gasteiger partial charge < -0.3 is 15.2 Å². The Balaban J connectivity index is 1.51. The molecule has 10 heteroatoms. The number of carbonyl (C=O) groups is 1. The third kappa shape index (κ3) is 3.96. The van der Waals surface area contributed by atoms with Crippen LogP contribution in [0.2, 0.25) is 0 Å². The van der Waals surface area contributed by atoms with Crippen molar-refractivity contribution in [1.29, 1.82) is 0 Å². The number of aliphatic imine (C=N–C) groups is 1. The Bertz CT molecular complexity index is 948. The van der Waals surface area contributed by atoms with E-state index < -0.39 is 6.09 Å². The number of nitrogens with zero attached hydrogens (tertiary/aromatic N) is 3. The summed E-state index contributed by atoms with van der Waals surface area (Å²) >= 11 is 1.54. The van der Waals surface area contributed by atoms with E-state index in [0.29, 0.717) is 12.2 Å². The SMILES string of the molecule is Cc1cc(NC2=CN(Sc3ccc(NC(=O)[O-])cc3)CC3=NC=C[NH+]23)n[nH]1. The number of hydrogen-bond acceptors (Lipinski definition) is 7. The van der Waals surface area contributed by atoms with Gasteiger partial charge in [0, 0.05) is 22.3 Å². The molecule has 0 aliphatic carbocycles. The van der Waals surface area contributed by atoms with Crippen molar-refractivity contribution in [2.45, 2.75) is 11.8 Å². The van der Waals surface area contributed by atoms with Crippen molar-refractivity contribution in [3.05, 3.63) is 60.4 Å². The van der Waals surface area contributed by atoms with Crippen LogP contribution in [0.1, 0.15) is 5.69 Å². The lowest BCUT2D eigenvalue weighted by atomic mass is 10.3. The number of hydrogen-bond donors (Lipinski definition) is 4. The number of carbonyl (C=O) groups excluding carboxylic acids is 1. The first-order chi connectivity index (χ1) is 13.1. The zero-order valence-corrected chi connectivity index (χ0v) is 15.2. The first-order valence-corrected chi connectivity index (χ1v) is 8.98. The molecule has 1 amide bonds. The van der Waals surface area contributed by atoms with E-state index in [1.165, 1.54) is 11.9 Å². The smallest absolute Gasteiger partial charge is 0.233 e. The largest absolute Gasteiger partial charge is 0.530 e. The molecule has 9 nitrogen and oxygen atoms in total. The minimum atomic E-state index is -1.33. The van der Waals surface area contributed by atoms with Crippen molar-refractivity contribution < 1.29 is 14.8 Å². The van der Waals surface area contributed by atoms with Gasteiger partial charge in [0.05, 0.1) is 12.4 Å². The maximum Gasteiger partial charge on any atom is 0.233 e. The predicted molar refractivity (Wildman–Crippen MR) is 101 cm³/mol. The summed E-state index contributed by atoms with van der Waals surface area (Å²) in [7, 11) is 0. The minimum Gasteiger partial charge on any atom is -0.530 e. The number of quaternary nitrogens is 1. The molecule has 1 aromatic carbocycles. The van der Waals surface area contributed by atoms with E-state index in [9.17, 15) is 9.90 Å². The van der Waals surface area contributed by atoms with Crippen molar-refractivity contribution in [1.82, 2.24) is 14.5 Å². The van der Waals surface area contributed by atoms with Crippen molar-refractivity contribution in [2.75, 3.05) is 17.2 Å². The molecule has 138 valence electrons. The van der Waals surface area contributed by atoms with Crippen LogP contribution in [0.25, 0.3) is 0 Å². The molecule has 0 fully saturated rings. The average Bonchev–Trinajstić information content (AvgIpc) is 3.25. The highest BCUT2D eigenvalue weighted by Gasteiger charge is 2.31. The van der Waals surface area contributed by atoms with Crippen LogP contribution in [-0.4, -0.2) is 33.0 Å². The Kier molecular flexibility index (Phi) is 4.57. The number of fused-ring (bicyclic) bond motifs is 1. The van der Waals surface area contributed by atoms with Crippen molar-refractivity contribution in [3.63, 3.8) is 0 Å². The molecule has 0 saturated carbocycles. The lowest BCUT2D eigenvalue weighted by molar-refractivity contribution is -0.699. The molecule has 4 rings (SSSR count). The average molecular weight is 383 g/mol. The van der Waals surface area contributed by atoms with Crippen LogP contribution in [0.4, 0.5) is 16.3 Å². The Morgan fingerprint density at radius 1 is 1.37 bits per heavy atom. The third-order valence-electron chi connectivity index (χ3n) is 3.94. The number of benzene rings is 1. The van der Waals surface area contributed by atoms with Gasteiger partial charge in [0.1, 0.15) is 18.8 Å². The van der Waals surface area contributed by atoms with Crippen molar-refractivity contribution >= 4 is 35.4 Å². The Hall–Kier alpha value is -3.24. The molecule has 1 aromatic heterocycles. The monoisotopic (exact) mass is 383 g/mol. The summed E-state index contributed by atoms with van der Waals surface area (Å²) in [5.41, 5.74) is 1.45. The van der Waals surface area contributed by atoms with Crippen LogP contribution in [-0.2, 0) is 0 Å². The molecule has 2 aromatic rings. The van der Waals surface area contributed by atoms with E-state index in [2.05, 4.69) is 30.1 Å². The van der Waals surface area contributed by atoms with Gasteiger partial charge in [-0.3, -0.25) is 14.7 Å². The summed E-state index contributed by atoms with van der Waals surface area (Å²) in [6.45, 7) is 2.61. The van der Waals surface area contributed by atoms with E-state index in [-0.39, 0.29) is 0 Å². The standard InChI is InChI=1S/C17H17N7O2S/c1-11-8-14(22-21-11)20-16-10-23(9-15-18-6-7-24(15)16)27-13-4-2-12(3-5-13)19-17(25)26/h2-8,10,19H,9H2,1H3,(H,25,26)(H2,20,21,22). The van der Waals surface area contributed by atoms with Crippen molar-refractivity contribution in [3.8, 4) is 0 Å². The number of aromatic amines is 1. The molecule has 27 heavy (non-hydrogen) atoms. The van der Waals surface area contributed by atoms with Gasteiger partial charge in [-0.15, -0.1) is 0 Å². The topological polar surface area (TPSA) is 113 Å². The molecule has 1 unspecified atom stereocenters. The van der Waals surface area contributed by atoms with E-state index >= 15 is 0 Å². The van der Waals surface area contributed by atoms with Gasteiger partial charge in [-0.25, -0.2) is 9.89 Å². The third-order valence-corrected chi connectivity index (χ3v) is 4.90. The predicted octanol–water partition coefficient (Wildman–Crippen LogP) is 0.475. The summed E-state index contributed by atoms with van der Waals surface area (Å²) in [4.78, 5) is 17.1. The normalized spacial score (nSPS) is 18.0. The number of H-pyrrole nitrogens is 1. The number of aryl methyl sites for hydroxylation is 1. The molecule has 3 heterocycles. The maximum absolute atomic E-state index is 10.6. The Morgan fingerprint density at radius 3 is 2.89 bits per heavy atom. The van der Waals surface area contributed by atoms with Crippen LogP contribution in [0.15, 0.2) is 64.6 Å². The molecule has 1 atom stereocenters. The number of carboxylic acid groups (broad SMARTS) is 1. The molecular weight excluding hydrogens is 366 g/mol. The quantitative estimate of drug-likeness (QED) is 0.559. The molecular formula is C17H17N7O2S. The molecule has 0 spiro atoms.